The number of hydrazone groups is 1. The van der Waals surface area contributed by atoms with Gasteiger partial charge in [-0.15, -0.1) is 0 Å². The van der Waals surface area contributed by atoms with Crippen LogP contribution in [0.25, 0.3) is 0 Å². The Labute approximate surface area is 224 Å². The zero-order chi connectivity index (χ0) is 28.2. The fourth-order valence-corrected chi connectivity index (χ4v) is 3.96. The summed E-state index contributed by atoms with van der Waals surface area (Å²) in [4.78, 5) is 6.43. The van der Waals surface area contributed by atoms with Crippen molar-refractivity contribution in [3.05, 3.63) is 65.7 Å². The Balaban J connectivity index is 0.00000334. The summed E-state index contributed by atoms with van der Waals surface area (Å²) in [5.41, 5.74) is 15.9. The average molecular weight is 513 g/mol. The lowest BCUT2D eigenvalue weighted by Crippen LogP contribution is -2.34. The standard InChI is InChI=1S/C27H42N6O2.C2H6/c1-9-11-22(27(4,5)35-8)16-19(2)21-12-10-15-33(18-21)31-25(29)23-13-14-24(26(30-23)34-7)32(6)17-20(3)28;1-2/h9,11,13-14,16-17,21H,2,10,12,15,18,28H2,1,3-8H3,(H2,29,31);1-2H3/b11-9-,20-17-,22-16+;/t21-;/m0./s1. The Hall–Kier alpha value is -3.26. The van der Waals surface area contributed by atoms with Crippen LogP contribution in [0.5, 0.6) is 5.88 Å². The van der Waals surface area contributed by atoms with E-state index in [1.807, 2.05) is 62.9 Å². The monoisotopic (exact) mass is 512 g/mol. The van der Waals surface area contributed by atoms with Gasteiger partial charge in [0.15, 0.2) is 5.84 Å². The van der Waals surface area contributed by atoms with Crippen molar-refractivity contribution in [1.29, 1.82) is 0 Å². The van der Waals surface area contributed by atoms with Crippen LogP contribution in [-0.4, -0.2) is 55.8 Å². The molecule has 0 unspecified atom stereocenters. The summed E-state index contributed by atoms with van der Waals surface area (Å²) >= 11 is 0. The zero-order valence-electron chi connectivity index (χ0n) is 24.3. The molecule has 206 valence electrons. The summed E-state index contributed by atoms with van der Waals surface area (Å²) in [5, 5.41) is 6.69. The number of ether oxygens (including phenoxy) is 2. The lowest BCUT2D eigenvalue weighted by molar-refractivity contribution is 0.0579. The molecule has 1 aromatic rings. The molecule has 0 saturated carbocycles. The molecule has 0 aromatic carbocycles. The molecule has 1 atom stereocenters. The van der Waals surface area contributed by atoms with E-state index in [4.69, 9.17) is 20.9 Å². The molecule has 1 saturated heterocycles. The first-order chi connectivity index (χ1) is 17.5. The molecule has 0 amide bonds. The van der Waals surface area contributed by atoms with E-state index in [-0.39, 0.29) is 5.92 Å². The fourth-order valence-electron chi connectivity index (χ4n) is 3.96. The smallest absolute Gasteiger partial charge is 0.238 e. The maximum Gasteiger partial charge on any atom is 0.238 e. The van der Waals surface area contributed by atoms with Gasteiger partial charge in [0.05, 0.1) is 12.7 Å². The highest BCUT2D eigenvalue weighted by molar-refractivity contribution is 5.96. The number of allylic oxidation sites excluding steroid dienone is 3. The van der Waals surface area contributed by atoms with E-state index in [0.29, 0.717) is 23.1 Å². The highest BCUT2D eigenvalue weighted by atomic mass is 16.5. The van der Waals surface area contributed by atoms with E-state index in [9.17, 15) is 0 Å². The summed E-state index contributed by atoms with van der Waals surface area (Å²) in [6.07, 6.45) is 10.1. The van der Waals surface area contributed by atoms with E-state index in [0.717, 1.165) is 42.8 Å². The van der Waals surface area contributed by atoms with E-state index in [1.54, 1.807) is 20.4 Å². The van der Waals surface area contributed by atoms with Crippen molar-refractivity contribution < 1.29 is 9.47 Å². The van der Waals surface area contributed by atoms with E-state index >= 15 is 0 Å². The van der Waals surface area contributed by atoms with Crippen LogP contribution in [0, 0.1) is 5.92 Å². The van der Waals surface area contributed by atoms with Crippen LogP contribution >= 0.6 is 0 Å². The first-order valence-corrected chi connectivity index (χ1v) is 12.9. The normalized spacial score (nSPS) is 17.4. The van der Waals surface area contributed by atoms with Crippen LogP contribution in [0.1, 0.15) is 60.1 Å². The average Bonchev–Trinajstić information content (AvgIpc) is 2.88. The molecule has 2 rings (SSSR count). The van der Waals surface area contributed by atoms with Crippen LogP contribution in [0.3, 0.4) is 0 Å². The highest BCUT2D eigenvalue weighted by Gasteiger charge is 2.25. The number of anilines is 1. The van der Waals surface area contributed by atoms with Crippen molar-refractivity contribution in [2.45, 2.75) is 60.0 Å². The number of pyridine rings is 1. The van der Waals surface area contributed by atoms with Crippen LogP contribution in [0.2, 0.25) is 0 Å². The van der Waals surface area contributed by atoms with Crippen LogP contribution in [0.15, 0.2) is 65.1 Å². The van der Waals surface area contributed by atoms with Gasteiger partial charge in [-0.2, -0.15) is 5.10 Å². The van der Waals surface area contributed by atoms with E-state index in [1.165, 1.54) is 0 Å². The Morgan fingerprint density at radius 3 is 2.51 bits per heavy atom. The molecule has 1 fully saturated rings. The highest BCUT2D eigenvalue weighted by Crippen LogP contribution is 2.29. The molecule has 1 aliphatic rings. The third-order valence-corrected chi connectivity index (χ3v) is 6.14. The summed E-state index contributed by atoms with van der Waals surface area (Å²) in [6.45, 7) is 17.9. The first-order valence-electron chi connectivity index (χ1n) is 12.9. The minimum absolute atomic E-state index is 0.276. The lowest BCUT2D eigenvalue weighted by atomic mass is 9.87. The van der Waals surface area contributed by atoms with Gasteiger partial charge in [0.25, 0.3) is 0 Å². The number of rotatable bonds is 10. The molecule has 37 heavy (non-hydrogen) atoms. The van der Waals surface area contributed by atoms with Gasteiger partial charge in [0, 0.05) is 45.1 Å². The molecule has 1 aromatic heterocycles. The molecular formula is C29H48N6O2. The minimum Gasteiger partial charge on any atom is -0.479 e. The van der Waals surface area contributed by atoms with Gasteiger partial charge in [0.2, 0.25) is 5.88 Å². The topological polar surface area (TPSA) is 102 Å². The SMILES string of the molecule is C=C(/C=C(\C=C/C)C(C)(C)OC)[C@H]1CCCN(/N=C(\N)c2ccc(N(C)/C=C(/C)N)c(OC)n2)C1.CC. The molecule has 0 bridgehead atoms. The molecule has 8 nitrogen and oxygen atoms in total. The Morgan fingerprint density at radius 1 is 1.27 bits per heavy atom. The number of hydrogen-bond donors (Lipinski definition) is 2. The van der Waals surface area contributed by atoms with Crippen molar-refractivity contribution in [2.24, 2.45) is 22.5 Å². The van der Waals surface area contributed by atoms with Gasteiger partial charge in [0.1, 0.15) is 11.4 Å². The summed E-state index contributed by atoms with van der Waals surface area (Å²) in [7, 11) is 5.19. The number of nitrogens with zero attached hydrogens (tertiary/aromatic N) is 4. The third-order valence-electron chi connectivity index (χ3n) is 6.14. The Bertz CT molecular complexity index is 1010. The largest absolute Gasteiger partial charge is 0.479 e. The maximum absolute atomic E-state index is 6.36. The lowest BCUT2D eigenvalue weighted by Gasteiger charge is -2.32. The Kier molecular flexibility index (Phi) is 13.0. The molecule has 0 spiro atoms. The van der Waals surface area contributed by atoms with Crippen molar-refractivity contribution in [1.82, 2.24) is 9.99 Å². The summed E-state index contributed by atoms with van der Waals surface area (Å²) in [6, 6.07) is 3.74. The summed E-state index contributed by atoms with van der Waals surface area (Å²) in [5.74, 6) is 1.07. The van der Waals surface area contributed by atoms with Crippen LogP contribution < -0.4 is 21.1 Å². The second-order valence-electron chi connectivity index (χ2n) is 9.33. The second kappa shape index (κ2) is 15.1. The van der Waals surface area contributed by atoms with Crippen LogP contribution in [0.4, 0.5) is 5.69 Å². The maximum atomic E-state index is 6.36. The molecule has 2 heterocycles. The van der Waals surface area contributed by atoms with E-state index < -0.39 is 5.60 Å². The van der Waals surface area contributed by atoms with Gasteiger partial charge in [-0.3, -0.25) is 5.01 Å². The first kappa shape index (κ1) is 31.8. The van der Waals surface area contributed by atoms with Crippen molar-refractivity contribution >= 4 is 11.5 Å². The number of aromatic nitrogens is 1. The third kappa shape index (κ3) is 9.28. The van der Waals surface area contributed by atoms with Crippen LogP contribution in [-0.2, 0) is 4.74 Å². The molecule has 8 heteroatoms. The molecule has 0 radical (unpaired) electrons. The molecule has 1 aliphatic heterocycles. The molecular weight excluding hydrogens is 464 g/mol. The van der Waals surface area contributed by atoms with Gasteiger partial charge in [-0.1, -0.05) is 38.7 Å². The molecule has 4 N–H and O–H groups in total. The zero-order valence-corrected chi connectivity index (χ0v) is 24.3. The Morgan fingerprint density at radius 2 is 1.95 bits per heavy atom. The number of methoxy groups -OCH3 is 2. The predicted octanol–water partition coefficient (Wildman–Crippen LogP) is 5.19. The van der Waals surface area contributed by atoms with Gasteiger partial charge >= 0.3 is 0 Å². The van der Waals surface area contributed by atoms with Gasteiger partial charge in [-0.05, 0) is 63.8 Å². The number of piperidine rings is 1. The number of amidine groups is 1. The number of hydrogen-bond acceptors (Lipinski definition) is 7. The quantitative estimate of drug-likeness (QED) is 0.253. The minimum atomic E-state index is -0.393. The van der Waals surface area contributed by atoms with E-state index in [2.05, 4.69) is 42.7 Å². The van der Waals surface area contributed by atoms with Gasteiger partial charge < -0.3 is 25.8 Å². The van der Waals surface area contributed by atoms with Crippen molar-refractivity contribution in [3.63, 3.8) is 0 Å². The predicted molar refractivity (Wildman–Crippen MR) is 157 cm³/mol. The molecule has 0 aliphatic carbocycles. The second-order valence-corrected chi connectivity index (χ2v) is 9.33. The fraction of sp³-hybridized carbons (Fsp3) is 0.517. The summed E-state index contributed by atoms with van der Waals surface area (Å²) < 4.78 is 11.2. The number of nitrogens with two attached hydrogens (primary N) is 2. The van der Waals surface area contributed by atoms with Crippen molar-refractivity contribution in [2.75, 3.05) is 39.3 Å². The van der Waals surface area contributed by atoms with Crippen molar-refractivity contribution in [3.8, 4) is 5.88 Å². The van der Waals surface area contributed by atoms with Gasteiger partial charge in [-0.25, -0.2) is 4.98 Å².